The molecule has 0 bridgehead atoms. The van der Waals surface area contributed by atoms with Gasteiger partial charge in [0, 0.05) is 32.2 Å². The van der Waals surface area contributed by atoms with Gasteiger partial charge in [-0.15, -0.1) is 0 Å². The summed E-state index contributed by atoms with van der Waals surface area (Å²) in [6.07, 6.45) is 0.981. The van der Waals surface area contributed by atoms with E-state index in [9.17, 15) is 23.2 Å². The molecule has 8 nitrogen and oxygen atoms in total. The molecule has 1 N–H and O–H groups in total. The largest absolute Gasteiger partial charge is 0.478 e. The molecule has 2 aromatic rings. The lowest BCUT2D eigenvalue weighted by atomic mass is 10.1. The van der Waals surface area contributed by atoms with Crippen molar-refractivity contribution in [1.82, 2.24) is 9.80 Å². The van der Waals surface area contributed by atoms with E-state index in [1.165, 1.54) is 28.0 Å². The molecule has 1 fully saturated rings. The molecule has 1 aromatic carbocycles. The minimum Gasteiger partial charge on any atom is -0.478 e. The predicted octanol–water partition coefficient (Wildman–Crippen LogP) is 2.18. The summed E-state index contributed by atoms with van der Waals surface area (Å²) in [6, 6.07) is 6.85. The quantitative estimate of drug-likeness (QED) is 0.834. The molecule has 0 unspecified atom stereocenters. The molecule has 1 saturated heterocycles. The Morgan fingerprint density at radius 2 is 1.64 bits per heavy atom. The second kappa shape index (κ2) is 8.07. The van der Waals surface area contributed by atoms with Crippen LogP contribution in [-0.2, 0) is 0 Å². The van der Waals surface area contributed by atoms with E-state index >= 15 is 0 Å². The standard InChI is InChI=1S/C18H16F2N2O6/c19-18(20)28-13-4-2-1-3-12(13)15(23)21-5-7-22(8-6-21)16(24)14-9-11(10-27-14)17(25)26/h1-4,9-10,18H,5-8H2,(H,25,26). The fraction of sp³-hybridized carbons (Fsp3) is 0.278. The summed E-state index contributed by atoms with van der Waals surface area (Å²) >= 11 is 0. The maximum Gasteiger partial charge on any atom is 0.387 e. The first kappa shape index (κ1) is 19.3. The highest BCUT2D eigenvalue weighted by molar-refractivity contribution is 5.98. The van der Waals surface area contributed by atoms with Gasteiger partial charge in [0.05, 0.1) is 11.1 Å². The number of carboxylic acid groups (broad SMARTS) is 1. The van der Waals surface area contributed by atoms with Gasteiger partial charge in [0.1, 0.15) is 12.0 Å². The van der Waals surface area contributed by atoms with Gasteiger partial charge in [0.2, 0.25) is 0 Å². The average Bonchev–Trinajstić information content (AvgIpc) is 3.17. The van der Waals surface area contributed by atoms with Crippen LogP contribution in [0.25, 0.3) is 0 Å². The summed E-state index contributed by atoms with van der Waals surface area (Å²) in [4.78, 5) is 38.8. The van der Waals surface area contributed by atoms with Gasteiger partial charge in [-0.3, -0.25) is 9.59 Å². The van der Waals surface area contributed by atoms with Gasteiger partial charge in [0.15, 0.2) is 5.76 Å². The number of carbonyl (C=O) groups excluding carboxylic acids is 2. The van der Waals surface area contributed by atoms with Crippen LogP contribution in [0, 0.1) is 0 Å². The molecule has 28 heavy (non-hydrogen) atoms. The molecule has 3 rings (SSSR count). The number of halogens is 2. The number of benzene rings is 1. The van der Waals surface area contributed by atoms with Gasteiger partial charge in [-0.2, -0.15) is 8.78 Å². The maximum absolute atomic E-state index is 12.6. The molecule has 0 radical (unpaired) electrons. The third kappa shape index (κ3) is 4.11. The molecule has 148 valence electrons. The first-order valence-electron chi connectivity index (χ1n) is 8.31. The van der Waals surface area contributed by atoms with E-state index in [-0.39, 0.29) is 48.8 Å². The third-order valence-electron chi connectivity index (χ3n) is 4.24. The van der Waals surface area contributed by atoms with Crippen molar-refractivity contribution < 1.29 is 37.4 Å². The summed E-state index contributed by atoms with van der Waals surface area (Å²) < 4.78 is 34.4. The first-order valence-corrected chi connectivity index (χ1v) is 8.31. The summed E-state index contributed by atoms with van der Waals surface area (Å²) in [7, 11) is 0. The van der Waals surface area contributed by atoms with Crippen LogP contribution < -0.4 is 4.74 Å². The molecule has 0 spiro atoms. The normalized spacial score (nSPS) is 14.2. The van der Waals surface area contributed by atoms with Crippen LogP contribution in [0.15, 0.2) is 41.0 Å². The lowest BCUT2D eigenvalue weighted by Crippen LogP contribution is -2.50. The molecular weight excluding hydrogens is 378 g/mol. The number of nitrogens with zero attached hydrogens (tertiary/aromatic N) is 2. The van der Waals surface area contributed by atoms with Gasteiger partial charge in [0.25, 0.3) is 11.8 Å². The third-order valence-corrected chi connectivity index (χ3v) is 4.24. The van der Waals surface area contributed by atoms with Crippen LogP contribution in [0.1, 0.15) is 31.3 Å². The second-order valence-electron chi connectivity index (χ2n) is 5.96. The van der Waals surface area contributed by atoms with Crippen LogP contribution in [0.5, 0.6) is 5.75 Å². The van der Waals surface area contributed by atoms with E-state index in [1.54, 1.807) is 6.07 Å². The molecule has 10 heteroatoms. The van der Waals surface area contributed by atoms with E-state index in [2.05, 4.69) is 4.74 Å². The lowest BCUT2D eigenvalue weighted by Gasteiger charge is -2.34. The average molecular weight is 394 g/mol. The van der Waals surface area contributed by atoms with Crippen molar-refractivity contribution in [2.45, 2.75) is 6.61 Å². The minimum atomic E-state index is -3.05. The minimum absolute atomic E-state index is 0.0136. The van der Waals surface area contributed by atoms with Gasteiger partial charge in [-0.05, 0) is 12.1 Å². The zero-order chi connectivity index (χ0) is 20.3. The second-order valence-corrected chi connectivity index (χ2v) is 5.96. The number of para-hydroxylation sites is 1. The predicted molar refractivity (Wildman–Crippen MR) is 90.5 cm³/mol. The lowest BCUT2D eigenvalue weighted by molar-refractivity contribution is -0.0503. The van der Waals surface area contributed by atoms with E-state index in [0.717, 1.165) is 12.3 Å². The molecular formula is C18H16F2N2O6. The van der Waals surface area contributed by atoms with E-state index in [4.69, 9.17) is 9.52 Å². The number of furan rings is 1. The first-order chi connectivity index (χ1) is 13.4. The van der Waals surface area contributed by atoms with Gasteiger partial charge in [-0.25, -0.2) is 4.79 Å². The van der Waals surface area contributed by atoms with Crippen molar-refractivity contribution in [3.8, 4) is 5.75 Å². The van der Waals surface area contributed by atoms with E-state index < -0.39 is 24.4 Å². The molecule has 0 saturated carbocycles. The monoisotopic (exact) mass is 394 g/mol. The highest BCUT2D eigenvalue weighted by Gasteiger charge is 2.28. The van der Waals surface area contributed by atoms with Crippen LogP contribution in [-0.4, -0.2) is 65.5 Å². The maximum atomic E-state index is 12.6. The Morgan fingerprint density at radius 1 is 1.04 bits per heavy atom. The van der Waals surface area contributed by atoms with Crippen LogP contribution in [0.3, 0.4) is 0 Å². The van der Waals surface area contributed by atoms with Crippen molar-refractivity contribution in [3.05, 3.63) is 53.5 Å². The van der Waals surface area contributed by atoms with Crippen LogP contribution in [0.4, 0.5) is 8.78 Å². The highest BCUT2D eigenvalue weighted by atomic mass is 19.3. The van der Waals surface area contributed by atoms with Crippen molar-refractivity contribution >= 4 is 17.8 Å². The zero-order valence-corrected chi connectivity index (χ0v) is 14.5. The Kier molecular flexibility index (Phi) is 5.57. The van der Waals surface area contributed by atoms with Crippen LogP contribution in [0.2, 0.25) is 0 Å². The fourth-order valence-corrected chi connectivity index (χ4v) is 2.84. The van der Waals surface area contributed by atoms with E-state index in [0.29, 0.717) is 0 Å². The van der Waals surface area contributed by atoms with E-state index in [1.807, 2.05) is 0 Å². The number of hydrogen-bond donors (Lipinski definition) is 1. The molecule has 1 aliphatic rings. The molecule has 0 aliphatic carbocycles. The molecule has 0 atom stereocenters. The van der Waals surface area contributed by atoms with Crippen LogP contribution >= 0.6 is 0 Å². The summed E-state index contributed by atoms with van der Waals surface area (Å²) in [5.74, 6) is -2.48. The van der Waals surface area contributed by atoms with Crippen molar-refractivity contribution in [1.29, 1.82) is 0 Å². The topological polar surface area (TPSA) is 100 Å². The SMILES string of the molecule is O=C(O)c1coc(C(=O)N2CCN(C(=O)c3ccccc3OC(F)F)CC2)c1. The number of ether oxygens (including phenoxy) is 1. The Hall–Kier alpha value is -3.43. The number of hydrogen-bond acceptors (Lipinski definition) is 5. The van der Waals surface area contributed by atoms with Gasteiger partial charge < -0.3 is 24.1 Å². The molecule has 2 amide bonds. The summed E-state index contributed by atoms with van der Waals surface area (Å²) in [6.45, 7) is -2.32. The molecule has 1 aromatic heterocycles. The number of carbonyl (C=O) groups is 3. The Morgan fingerprint density at radius 3 is 2.21 bits per heavy atom. The molecule has 2 heterocycles. The number of rotatable bonds is 5. The highest BCUT2D eigenvalue weighted by Crippen LogP contribution is 2.23. The van der Waals surface area contributed by atoms with Crippen molar-refractivity contribution in [3.63, 3.8) is 0 Å². The molecule has 1 aliphatic heterocycles. The Bertz CT molecular complexity index is 890. The van der Waals surface area contributed by atoms with Crippen molar-refractivity contribution in [2.24, 2.45) is 0 Å². The number of aromatic carboxylic acids is 1. The van der Waals surface area contributed by atoms with Crippen molar-refractivity contribution in [2.75, 3.05) is 26.2 Å². The smallest absolute Gasteiger partial charge is 0.387 e. The fourth-order valence-electron chi connectivity index (χ4n) is 2.84. The number of piperazine rings is 1. The summed E-state index contributed by atoms with van der Waals surface area (Å²) in [5, 5.41) is 8.89. The van der Waals surface area contributed by atoms with Gasteiger partial charge >= 0.3 is 12.6 Å². The summed E-state index contributed by atoms with van der Waals surface area (Å²) in [5.41, 5.74) is -0.118. The Balaban J connectivity index is 1.64. The van der Waals surface area contributed by atoms with Gasteiger partial charge in [-0.1, -0.05) is 12.1 Å². The zero-order valence-electron chi connectivity index (χ0n) is 14.5. The number of amides is 2. The Labute approximate surface area is 157 Å². The number of alkyl halides is 2. The number of carboxylic acids is 1.